The van der Waals surface area contributed by atoms with Crippen molar-refractivity contribution in [2.45, 2.75) is 24.9 Å². The second kappa shape index (κ2) is 5.92. The first-order valence-electron chi connectivity index (χ1n) is 6.49. The number of aromatic carboxylic acids is 1. The van der Waals surface area contributed by atoms with Gasteiger partial charge in [-0.1, -0.05) is 12.1 Å². The Morgan fingerprint density at radius 2 is 2.05 bits per heavy atom. The predicted octanol–water partition coefficient (Wildman–Crippen LogP) is 2.08. The van der Waals surface area contributed by atoms with Crippen LogP contribution in [0.2, 0.25) is 0 Å². The minimum atomic E-state index is -1.08. The number of hydrogen-bond donors (Lipinski definition) is 3. The van der Waals surface area contributed by atoms with Crippen molar-refractivity contribution in [2.24, 2.45) is 0 Å². The second-order valence-corrected chi connectivity index (χ2v) is 4.90. The van der Waals surface area contributed by atoms with Crippen LogP contribution in [-0.4, -0.2) is 36.4 Å². The van der Waals surface area contributed by atoms with Gasteiger partial charge >= 0.3 is 12.0 Å². The summed E-state index contributed by atoms with van der Waals surface area (Å²) in [6.07, 6.45) is 2.95. The SMILES string of the molecule is COC1(CNC(=O)Nc2ccccc2C(=O)O)CCC1. The Morgan fingerprint density at radius 1 is 1.35 bits per heavy atom. The molecule has 2 rings (SSSR count). The first-order chi connectivity index (χ1) is 9.56. The van der Waals surface area contributed by atoms with E-state index in [2.05, 4.69) is 10.6 Å². The minimum absolute atomic E-state index is 0.0627. The smallest absolute Gasteiger partial charge is 0.337 e. The molecule has 1 aliphatic carbocycles. The van der Waals surface area contributed by atoms with Crippen molar-refractivity contribution in [1.82, 2.24) is 5.32 Å². The van der Waals surface area contributed by atoms with E-state index in [1.165, 1.54) is 6.07 Å². The van der Waals surface area contributed by atoms with Gasteiger partial charge in [0, 0.05) is 13.7 Å². The van der Waals surface area contributed by atoms with Crippen LogP contribution in [0.1, 0.15) is 29.6 Å². The van der Waals surface area contributed by atoms with E-state index < -0.39 is 12.0 Å². The number of carbonyl (C=O) groups is 2. The Labute approximate surface area is 117 Å². The largest absolute Gasteiger partial charge is 0.478 e. The van der Waals surface area contributed by atoms with Crippen molar-refractivity contribution in [3.63, 3.8) is 0 Å². The molecule has 1 aromatic rings. The monoisotopic (exact) mass is 278 g/mol. The minimum Gasteiger partial charge on any atom is -0.478 e. The number of hydrogen-bond acceptors (Lipinski definition) is 3. The molecule has 1 aromatic carbocycles. The molecule has 0 aliphatic heterocycles. The summed E-state index contributed by atoms with van der Waals surface area (Å²) in [6.45, 7) is 0.421. The Morgan fingerprint density at radius 3 is 2.60 bits per heavy atom. The van der Waals surface area contributed by atoms with E-state index in [1.54, 1.807) is 25.3 Å². The summed E-state index contributed by atoms with van der Waals surface area (Å²) in [5.74, 6) is -1.08. The molecule has 20 heavy (non-hydrogen) atoms. The summed E-state index contributed by atoms with van der Waals surface area (Å²) in [4.78, 5) is 22.8. The van der Waals surface area contributed by atoms with E-state index >= 15 is 0 Å². The van der Waals surface area contributed by atoms with Crippen LogP contribution in [0, 0.1) is 0 Å². The third-order valence-electron chi connectivity index (χ3n) is 3.67. The molecule has 6 nitrogen and oxygen atoms in total. The molecule has 0 saturated heterocycles. The van der Waals surface area contributed by atoms with Crippen molar-refractivity contribution >= 4 is 17.7 Å². The number of para-hydroxylation sites is 1. The van der Waals surface area contributed by atoms with Crippen molar-refractivity contribution in [1.29, 1.82) is 0 Å². The first kappa shape index (κ1) is 14.3. The van der Waals surface area contributed by atoms with Gasteiger partial charge in [-0.25, -0.2) is 9.59 Å². The van der Waals surface area contributed by atoms with Crippen LogP contribution in [0.3, 0.4) is 0 Å². The number of methoxy groups -OCH3 is 1. The van der Waals surface area contributed by atoms with E-state index in [-0.39, 0.29) is 16.9 Å². The molecular formula is C14H18N2O4. The molecule has 0 radical (unpaired) electrons. The summed E-state index contributed by atoms with van der Waals surface area (Å²) in [5.41, 5.74) is 0.0780. The third kappa shape index (κ3) is 3.08. The highest BCUT2D eigenvalue weighted by molar-refractivity contribution is 5.99. The highest BCUT2D eigenvalue weighted by Crippen LogP contribution is 2.34. The number of ether oxygens (including phenoxy) is 1. The number of nitrogens with one attached hydrogen (secondary N) is 2. The number of rotatable bonds is 5. The van der Waals surface area contributed by atoms with Gasteiger partial charge in [0.05, 0.1) is 16.9 Å². The van der Waals surface area contributed by atoms with Gasteiger partial charge in [0.25, 0.3) is 0 Å². The van der Waals surface area contributed by atoms with Crippen molar-refractivity contribution in [2.75, 3.05) is 19.0 Å². The molecule has 0 aromatic heterocycles. The maximum atomic E-state index is 11.8. The fourth-order valence-corrected chi connectivity index (χ4v) is 2.21. The lowest BCUT2D eigenvalue weighted by molar-refractivity contribution is -0.0671. The molecule has 108 valence electrons. The van der Waals surface area contributed by atoms with Gasteiger partial charge < -0.3 is 20.5 Å². The Bertz CT molecular complexity index is 506. The Balaban J connectivity index is 1.93. The topological polar surface area (TPSA) is 87.7 Å². The first-order valence-corrected chi connectivity index (χ1v) is 6.49. The van der Waals surface area contributed by atoms with E-state index in [0.717, 1.165) is 19.3 Å². The van der Waals surface area contributed by atoms with Crippen LogP contribution >= 0.6 is 0 Å². The molecule has 6 heteroatoms. The standard InChI is InChI=1S/C14H18N2O4/c1-20-14(7-4-8-14)9-15-13(19)16-11-6-3-2-5-10(11)12(17)18/h2-3,5-6H,4,7-9H2,1H3,(H,17,18)(H2,15,16,19). The lowest BCUT2D eigenvalue weighted by Crippen LogP contribution is -2.50. The number of urea groups is 1. The zero-order valence-corrected chi connectivity index (χ0v) is 11.3. The van der Waals surface area contributed by atoms with Gasteiger partial charge in [-0.05, 0) is 31.4 Å². The number of anilines is 1. The van der Waals surface area contributed by atoms with Gasteiger partial charge in [0.1, 0.15) is 0 Å². The van der Waals surface area contributed by atoms with Crippen LogP contribution in [0.15, 0.2) is 24.3 Å². The molecule has 0 spiro atoms. The fraction of sp³-hybridized carbons (Fsp3) is 0.429. The zero-order valence-electron chi connectivity index (χ0n) is 11.3. The van der Waals surface area contributed by atoms with Crippen LogP contribution in [0.5, 0.6) is 0 Å². The summed E-state index contributed by atoms with van der Waals surface area (Å²) in [6, 6.07) is 5.85. The summed E-state index contributed by atoms with van der Waals surface area (Å²) in [7, 11) is 1.64. The molecular weight excluding hydrogens is 260 g/mol. The van der Waals surface area contributed by atoms with Crippen molar-refractivity contribution in [3.05, 3.63) is 29.8 Å². The lowest BCUT2D eigenvalue weighted by Gasteiger charge is -2.40. The maximum Gasteiger partial charge on any atom is 0.337 e. The van der Waals surface area contributed by atoms with Crippen LogP contribution in [-0.2, 0) is 4.74 Å². The number of amides is 2. The second-order valence-electron chi connectivity index (χ2n) is 4.90. The van der Waals surface area contributed by atoms with Gasteiger partial charge in [-0.2, -0.15) is 0 Å². The Kier molecular flexibility index (Phi) is 4.24. The number of carboxylic acids is 1. The molecule has 1 saturated carbocycles. The average molecular weight is 278 g/mol. The van der Waals surface area contributed by atoms with Gasteiger partial charge in [-0.15, -0.1) is 0 Å². The summed E-state index contributed by atoms with van der Waals surface area (Å²) < 4.78 is 5.40. The molecule has 0 bridgehead atoms. The molecule has 3 N–H and O–H groups in total. The molecule has 0 unspecified atom stereocenters. The van der Waals surface area contributed by atoms with Crippen LogP contribution in [0.4, 0.5) is 10.5 Å². The summed E-state index contributed by atoms with van der Waals surface area (Å²) >= 11 is 0. The van der Waals surface area contributed by atoms with Crippen molar-refractivity contribution in [3.8, 4) is 0 Å². The highest BCUT2D eigenvalue weighted by Gasteiger charge is 2.37. The van der Waals surface area contributed by atoms with Crippen LogP contribution < -0.4 is 10.6 Å². The average Bonchev–Trinajstić information content (AvgIpc) is 2.38. The molecule has 2 amide bonds. The van der Waals surface area contributed by atoms with E-state index in [4.69, 9.17) is 9.84 Å². The fourth-order valence-electron chi connectivity index (χ4n) is 2.21. The Hall–Kier alpha value is -2.08. The highest BCUT2D eigenvalue weighted by atomic mass is 16.5. The summed E-state index contributed by atoms with van der Waals surface area (Å²) in [5, 5.41) is 14.3. The van der Waals surface area contributed by atoms with Gasteiger partial charge in [-0.3, -0.25) is 0 Å². The number of benzene rings is 1. The van der Waals surface area contributed by atoms with E-state index in [9.17, 15) is 9.59 Å². The number of carboxylic acid groups (broad SMARTS) is 1. The van der Waals surface area contributed by atoms with E-state index in [0.29, 0.717) is 6.54 Å². The zero-order chi connectivity index (χ0) is 14.6. The molecule has 0 heterocycles. The molecule has 1 fully saturated rings. The molecule has 0 atom stereocenters. The van der Waals surface area contributed by atoms with Crippen molar-refractivity contribution < 1.29 is 19.4 Å². The molecule has 1 aliphatic rings. The third-order valence-corrected chi connectivity index (χ3v) is 3.67. The number of carbonyl (C=O) groups excluding carboxylic acids is 1. The lowest BCUT2D eigenvalue weighted by atomic mass is 9.80. The van der Waals surface area contributed by atoms with Gasteiger partial charge in [0.2, 0.25) is 0 Å². The maximum absolute atomic E-state index is 11.8. The van der Waals surface area contributed by atoms with Gasteiger partial charge in [0.15, 0.2) is 0 Å². The predicted molar refractivity (Wildman–Crippen MR) is 74.0 cm³/mol. The van der Waals surface area contributed by atoms with E-state index in [1.807, 2.05) is 0 Å². The van der Waals surface area contributed by atoms with Crippen LogP contribution in [0.25, 0.3) is 0 Å². The normalized spacial score (nSPS) is 16.1. The quantitative estimate of drug-likeness (QED) is 0.769.